The molecule has 1 atom stereocenters. The molecule has 2 aliphatic carbocycles. The second-order valence-corrected chi connectivity index (χ2v) is 6.44. The summed E-state index contributed by atoms with van der Waals surface area (Å²) in [6, 6.07) is 5.66. The molecule has 0 aromatic carbocycles. The smallest absolute Gasteiger partial charge is 0.129 e. The molecule has 0 aliphatic heterocycles. The summed E-state index contributed by atoms with van der Waals surface area (Å²) in [5.41, 5.74) is 1.33. The zero-order valence-electron chi connectivity index (χ0n) is 13.2. The van der Waals surface area contributed by atoms with E-state index in [1.165, 1.54) is 31.2 Å². The average Bonchev–Trinajstić information content (AvgIpc) is 3.40. The van der Waals surface area contributed by atoms with Crippen LogP contribution in [0.25, 0.3) is 0 Å². The molecule has 0 bridgehead atoms. The molecule has 1 N–H and O–H groups in total. The second-order valence-electron chi connectivity index (χ2n) is 6.44. The van der Waals surface area contributed by atoms with E-state index in [1.54, 1.807) is 7.11 Å². The van der Waals surface area contributed by atoms with E-state index in [-0.39, 0.29) is 0 Å². The Balaban J connectivity index is 1.68. The molecule has 21 heavy (non-hydrogen) atoms. The predicted molar refractivity (Wildman–Crippen MR) is 85.5 cm³/mol. The predicted octanol–water partition coefficient (Wildman–Crippen LogP) is 2.58. The summed E-state index contributed by atoms with van der Waals surface area (Å²) in [6.45, 7) is 4.95. The molecule has 0 radical (unpaired) electrons. The van der Waals surface area contributed by atoms with Crippen molar-refractivity contribution in [3.05, 3.63) is 23.9 Å². The number of nitrogens with zero attached hydrogens (tertiary/aromatic N) is 2. The molecule has 4 nitrogen and oxygen atoms in total. The van der Waals surface area contributed by atoms with Gasteiger partial charge in [0.15, 0.2) is 0 Å². The van der Waals surface area contributed by atoms with Gasteiger partial charge in [-0.3, -0.25) is 0 Å². The van der Waals surface area contributed by atoms with Crippen LogP contribution in [0, 0.1) is 5.92 Å². The summed E-state index contributed by atoms with van der Waals surface area (Å²) in [4.78, 5) is 7.03. The summed E-state index contributed by atoms with van der Waals surface area (Å²) >= 11 is 0. The van der Waals surface area contributed by atoms with Gasteiger partial charge in [-0.25, -0.2) is 4.98 Å². The minimum absolute atomic E-state index is 0.555. The highest BCUT2D eigenvalue weighted by molar-refractivity contribution is 5.42. The highest BCUT2D eigenvalue weighted by atomic mass is 16.5. The van der Waals surface area contributed by atoms with E-state index in [0.29, 0.717) is 6.04 Å². The van der Waals surface area contributed by atoms with Gasteiger partial charge in [0.05, 0.1) is 6.61 Å². The van der Waals surface area contributed by atoms with Crippen LogP contribution in [0.3, 0.4) is 0 Å². The van der Waals surface area contributed by atoms with Crippen LogP contribution in [-0.2, 0) is 11.3 Å². The van der Waals surface area contributed by atoms with Gasteiger partial charge >= 0.3 is 0 Å². The SMILES string of the molecule is COCCN(c1cc(CNC2CC2)ccn1)C(C)C1CC1. The van der Waals surface area contributed by atoms with E-state index in [4.69, 9.17) is 4.74 Å². The van der Waals surface area contributed by atoms with Gasteiger partial charge in [0.25, 0.3) is 0 Å². The topological polar surface area (TPSA) is 37.4 Å². The number of methoxy groups -OCH3 is 1. The molecule has 1 unspecified atom stereocenters. The van der Waals surface area contributed by atoms with Gasteiger partial charge in [-0.15, -0.1) is 0 Å². The van der Waals surface area contributed by atoms with Crippen molar-refractivity contribution < 1.29 is 4.74 Å². The van der Waals surface area contributed by atoms with Gasteiger partial charge in [-0.2, -0.15) is 0 Å². The molecule has 1 aromatic heterocycles. The molecule has 2 fully saturated rings. The van der Waals surface area contributed by atoms with Gasteiger partial charge in [-0.1, -0.05) is 0 Å². The Bertz CT molecular complexity index is 457. The lowest BCUT2D eigenvalue weighted by Crippen LogP contribution is -2.38. The van der Waals surface area contributed by atoms with E-state index in [1.807, 2.05) is 6.20 Å². The zero-order valence-corrected chi connectivity index (χ0v) is 13.2. The van der Waals surface area contributed by atoms with Crippen molar-refractivity contribution in [2.45, 2.75) is 51.2 Å². The summed E-state index contributed by atoms with van der Waals surface area (Å²) < 4.78 is 5.28. The average molecular weight is 289 g/mol. The normalized spacial score (nSPS) is 19.5. The molecule has 3 rings (SSSR count). The van der Waals surface area contributed by atoms with Crippen LogP contribution >= 0.6 is 0 Å². The molecule has 2 aliphatic rings. The van der Waals surface area contributed by atoms with Crippen LogP contribution in [0.4, 0.5) is 5.82 Å². The lowest BCUT2D eigenvalue weighted by Gasteiger charge is -2.30. The Labute approximate surface area is 127 Å². The fourth-order valence-electron chi connectivity index (χ4n) is 2.83. The van der Waals surface area contributed by atoms with Crippen molar-refractivity contribution >= 4 is 5.82 Å². The Morgan fingerprint density at radius 2 is 2.19 bits per heavy atom. The largest absolute Gasteiger partial charge is 0.383 e. The fraction of sp³-hybridized carbons (Fsp3) is 0.706. The molecular formula is C17H27N3O. The Morgan fingerprint density at radius 1 is 1.38 bits per heavy atom. The third kappa shape index (κ3) is 4.17. The monoisotopic (exact) mass is 289 g/mol. The first-order valence-electron chi connectivity index (χ1n) is 8.22. The van der Waals surface area contributed by atoms with Gasteiger partial charge in [-0.05, 0) is 56.2 Å². The molecule has 1 heterocycles. The first-order chi connectivity index (χ1) is 10.3. The van der Waals surface area contributed by atoms with E-state index in [2.05, 4.69) is 34.3 Å². The third-order valence-electron chi connectivity index (χ3n) is 4.61. The van der Waals surface area contributed by atoms with Crippen molar-refractivity contribution in [2.24, 2.45) is 5.92 Å². The summed E-state index contributed by atoms with van der Waals surface area (Å²) in [7, 11) is 1.77. The van der Waals surface area contributed by atoms with Crippen molar-refractivity contribution in [1.29, 1.82) is 0 Å². The maximum atomic E-state index is 5.28. The van der Waals surface area contributed by atoms with E-state index in [9.17, 15) is 0 Å². The number of ether oxygens (including phenoxy) is 1. The van der Waals surface area contributed by atoms with Crippen LogP contribution in [0.1, 0.15) is 38.2 Å². The van der Waals surface area contributed by atoms with Crippen molar-refractivity contribution in [2.75, 3.05) is 25.2 Å². The highest BCUT2D eigenvalue weighted by Crippen LogP contribution is 2.36. The molecular weight excluding hydrogens is 262 g/mol. The number of rotatable bonds is 9. The van der Waals surface area contributed by atoms with Crippen molar-refractivity contribution in [1.82, 2.24) is 10.3 Å². The van der Waals surface area contributed by atoms with Gasteiger partial charge in [0.2, 0.25) is 0 Å². The molecule has 2 saturated carbocycles. The Morgan fingerprint density at radius 3 is 2.86 bits per heavy atom. The first-order valence-corrected chi connectivity index (χ1v) is 8.22. The summed E-state index contributed by atoms with van der Waals surface area (Å²) in [6.07, 6.45) is 7.31. The molecule has 0 amide bonds. The van der Waals surface area contributed by atoms with Gasteiger partial charge < -0.3 is 15.0 Å². The number of pyridine rings is 1. The zero-order chi connectivity index (χ0) is 14.7. The third-order valence-corrected chi connectivity index (χ3v) is 4.61. The fourth-order valence-corrected chi connectivity index (χ4v) is 2.83. The molecule has 0 spiro atoms. The molecule has 1 aromatic rings. The van der Waals surface area contributed by atoms with E-state index in [0.717, 1.165) is 37.5 Å². The minimum Gasteiger partial charge on any atom is -0.383 e. The molecule has 4 heteroatoms. The minimum atomic E-state index is 0.555. The Kier molecular flexibility index (Phi) is 4.76. The first kappa shape index (κ1) is 14.8. The lowest BCUT2D eigenvalue weighted by molar-refractivity contribution is 0.202. The van der Waals surface area contributed by atoms with E-state index >= 15 is 0 Å². The van der Waals surface area contributed by atoms with Crippen LogP contribution in [0.15, 0.2) is 18.3 Å². The number of hydrogen-bond donors (Lipinski definition) is 1. The van der Waals surface area contributed by atoms with Crippen LogP contribution < -0.4 is 10.2 Å². The second kappa shape index (κ2) is 6.75. The summed E-state index contributed by atoms with van der Waals surface area (Å²) in [5.74, 6) is 1.93. The van der Waals surface area contributed by atoms with Crippen molar-refractivity contribution in [3.8, 4) is 0 Å². The molecule has 116 valence electrons. The maximum absolute atomic E-state index is 5.28. The van der Waals surface area contributed by atoms with Gasteiger partial charge in [0.1, 0.15) is 5.82 Å². The lowest BCUT2D eigenvalue weighted by atomic mass is 10.1. The number of aromatic nitrogens is 1. The number of nitrogens with one attached hydrogen (secondary N) is 1. The van der Waals surface area contributed by atoms with Gasteiger partial charge in [0, 0.05) is 38.5 Å². The van der Waals surface area contributed by atoms with E-state index < -0.39 is 0 Å². The van der Waals surface area contributed by atoms with Crippen molar-refractivity contribution in [3.63, 3.8) is 0 Å². The highest BCUT2D eigenvalue weighted by Gasteiger charge is 2.32. The van der Waals surface area contributed by atoms with Crippen LogP contribution in [-0.4, -0.2) is 37.3 Å². The van der Waals surface area contributed by atoms with Crippen LogP contribution in [0.2, 0.25) is 0 Å². The number of anilines is 1. The van der Waals surface area contributed by atoms with Crippen LogP contribution in [0.5, 0.6) is 0 Å². The standard InChI is InChI=1S/C17H27N3O/c1-13(15-3-4-15)20(9-10-21-2)17-11-14(7-8-18-17)12-19-16-5-6-16/h7-8,11,13,15-16,19H,3-6,9-10,12H2,1-2H3. The molecule has 0 saturated heterocycles. The summed E-state index contributed by atoms with van der Waals surface area (Å²) in [5, 5.41) is 3.58. The quantitative estimate of drug-likeness (QED) is 0.758. The maximum Gasteiger partial charge on any atom is 0.129 e. The number of hydrogen-bond acceptors (Lipinski definition) is 4. The Hall–Kier alpha value is -1.13.